The zero-order valence-corrected chi connectivity index (χ0v) is 9.98. The van der Waals surface area contributed by atoms with Gasteiger partial charge in [0, 0.05) is 25.7 Å². The van der Waals surface area contributed by atoms with Crippen molar-refractivity contribution in [2.45, 2.75) is 64.2 Å². The molecule has 1 rings (SSSR count). The Labute approximate surface area is 99.0 Å². The fraction of sp³-hybridized carbons (Fsp3) is 0.667. The predicted molar refractivity (Wildman–Crippen MR) is 66.7 cm³/mol. The molecule has 16 heavy (non-hydrogen) atoms. The highest BCUT2D eigenvalue weighted by atomic mass is 16.1. The Morgan fingerprint density at radius 2 is 1.25 bits per heavy atom. The number of carbonyl (C=O) groups is 1. The Balaban J connectivity index is 2.33. The zero-order valence-electron chi connectivity index (χ0n) is 9.98. The molecule has 0 atom stereocenters. The van der Waals surface area contributed by atoms with Crippen molar-refractivity contribution in [3.63, 3.8) is 0 Å². The van der Waals surface area contributed by atoms with E-state index < -0.39 is 0 Å². The van der Waals surface area contributed by atoms with Crippen molar-refractivity contribution in [1.82, 2.24) is 0 Å². The highest BCUT2D eigenvalue weighted by molar-refractivity contribution is 5.95. The molecule has 0 aromatic carbocycles. The standard InChI is InChI=1S/C15H20O/c16-15-13-11-9-7-5-3-1-2-4-6-8-10-12-14-15/h1,3,5-10,12,14H2. The van der Waals surface area contributed by atoms with E-state index in [1.54, 1.807) is 0 Å². The van der Waals surface area contributed by atoms with Gasteiger partial charge in [-0.2, -0.15) is 0 Å². The lowest BCUT2D eigenvalue weighted by atomic mass is 10.1. The van der Waals surface area contributed by atoms with Crippen LogP contribution in [0.15, 0.2) is 0 Å². The fourth-order valence-corrected chi connectivity index (χ4v) is 1.68. The Morgan fingerprint density at radius 1 is 0.688 bits per heavy atom. The van der Waals surface area contributed by atoms with Crippen molar-refractivity contribution in [3.8, 4) is 23.7 Å². The van der Waals surface area contributed by atoms with Crippen LogP contribution in [0.25, 0.3) is 0 Å². The van der Waals surface area contributed by atoms with Crippen molar-refractivity contribution in [2.75, 3.05) is 0 Å². The summed E-state index contributed by atoms with van der Waals surface area (Å²) >= 11 is 0. The van der Waals surface area contributed by atoms with Crippen LogP contribution in [0.5, 0.6) is 0 Å². The second-order valence-electron chi connectivity index (χ2n) is 4.20. The number of hydrogen-bond acceptors (Lipinski definition) is 1. The normalized spacial score (nSPS) is 19.4. The number of hydrogen-bond donors (Lipinski definition) is 0. The van der Waals surface area contributed by atoms with Crippen molar-refractivity contribution in [3.05, 3.63) is 0 Å². The molecule has 86 valence electrons. The molecule has 0 saturated heterocycles. The first-order valence-electron chi connectivity index (χ1n) is 6.37. The average Bonchev–Trinajstić information content (AvgIpc) is 2.29. The van der Waals surface area contributed by atoms with Gasteiger partial charge in [-0.05, 0) is 31.6 Å². The average molecular weight is 216 g/mol. The molecule has 1 aliphatic carbocycles. The summed E-state index contributed by atoms with van der Waals surface area (Å²) in [6.45, 7) is 0. The van der Waals surface area contributed by atoms with Gasteiger partial charge in [-0.15, -0.1) is 11.8 Å². The molecule has 0 amide bonds. The minimum atomic E-state index is 0.112. The van der Waals surface area contributed by atoms with Crippen LogP contribution in [-0.2, 0) is 4.79 Å². The summed E-state index contributed by atoms with van der Waals surface area (Å²) in [6, 6.07) is 0. The molecule has 0 aromatic rings. The fourth-order valence-electron chi connectivity index (χ4n) is 1.68. The summed E-state index contributed by atoms with van der Waals surface area (Å²) in [4.78, 5) is 11.3. The maximum atomic E-state index is 11.3. The van der Waals surface area contributed by atoms with Gasteiger partial charge in [0.15, 0.2) is 0 Å². The Morgan fingerprint density at radius 3 is 1.94 bits per heavy atom. The largest absolute Gasteiger partial charge is 0.285 e. The van der Waals surface area contributed by atoms with E-state index in [-0.39, 0.29) is 5.78 Å². The summed E-state index contributed by atoms with van der Waals surface area (Å²) in [6.07, 6.45) is 10.1. The van der Waals surface area contributed by atoms with Gasteiger partial charge in [0.25, 0.3) is 0 Å². The van der Waals surface area contributed by atoms with E-state index in [1.807, 2.05) is 0 Å². The lowest BCUT2D eigenvalue weighted by Gasteiger charge is -1.93. The molecule has 0 aromatic heterocycles. The molecule has 0 saturated carbocycles. The molecule has 0 fully saturated rings. The molecule has 1 heteroatoms. The van der Waals surface area contributed by atoms with Crippen molar-refractivity contribution < 1.29 is 4.79 Å². The van der Waals surface area contributed by atoms with E-state index in [4.69, 9.17) is 0 Å². The summed E-state index contributed by atoms with van der Waals surface area (Å²) in [7, 11) is 0. The number of rotatable bonds is 0. The maximum Gasteiger partial charge on any atom is 0.205 e. The van der Waals surface area contributed by atoms with Gasteiger partial charge in [-0.3, -0.25) is 4.79 Å². The van der Waals surface area contributed by atoms with E-state index >= 15 is 0 Å². The summed E-state index contributed by atoms with van der Waals surface area (Å²) in [5, 5.41) is 0. The SMILES string of the molecule is O=C1C#CCCCCCC#CCCCCC1. The molecule has 1 aliphatic rings. The van der Waals surface area contributed by atoms with Gasteiger partial charge in [-0.25, -0.2) is 0 Å². The maximum absolute atomic E-state index is 11.3. The van der Waals surface area contributed by atoms with E-state index in [9.17, 15) is 4.79 Å². The summed E-state index contributed by atoms with van der Waals surface area (Å²) in [5.74, 6) is 12.2. The summed E-state index contributed by atoms with van der Waals surface area (Å²) < 4.78 is 0. The van der Waals surface area contributed by atoms with Crippen LogP contribution < -0.4 is 0 Å². The Bertz CT molecular complexity index is 319. The highest BCUT2D eigenvalue weighted by Crippen LogP contribution is 2.05. The lowest BCUT2D eigenvalue weighted by molar-refractivity contribution is -0.113. The zero-order chi connectivity index (χ0) is 11.5. The van der Waals surface area contributed by atoms with Crippen LogP contribution >= 0.6 is 0 Å². The first-order chi connectivity index (χ1) is 7.89. The second-order valence-corrected chi connectivity index (χ2v) is 4.20. The monoisotopic (exact) mass is 216 g/mol. The first-order valence-corrected chi connectivity index (χ1v) is 6.37. The number of ketones is 1. The molecule has 0 aliphatic heterocycles. The topological polar surface area (TPSA) is 17.1 Å². The van der Waals surface area contributed by atoms with Gasteiger partial charge >= 0.3 is 0 Å². The van der Waals surface area contributed by atoms with Crippen LogP contribution in [0.4, 0.5) is 0 Å². The Kier molecular flexibility index (Phi) is 7.27. The minimum Gasteiger partial charge on any atom is -0.285 e. The predicted octanol–water partition coefficient (Wildman–Crippen LogP) is 3.48. The number of Topliss-reactive ketones (excluding diaryl/α,β-unsaturated/α-hetero) is 1. The molecule has 0 spiro atoms. The minimum absolute atomic E-state index is 0.112. The third kappa shape index (κ3) is 7.13. The molecule has 1 nitrogen and oxygen atoms in total. The molecular weight excluding hydrogens is 196 g/mol. The van der Waals surface area contributed by atoms with Crippen molar-refractivity contribution >= 4 is 5.78 Å². The van der Waals surface area contributed by atoms with E-state index in [0.717, 1.165) is 44.9 Å². The van der Waals surface area contributed by atoms with Crippen LogP contribution in [0.3, 0.4) is 0 Å². The van der Waals surface area contributed by atoms with Gasteiger partial charge in [-0.1, -0.05) is 18.8 Å². The molecule has 0 heterocycles. The third-order valence-electron chi connectivity index (χ3n) is 2.66. The second kappa shape index (κ2) is 9.05. The molecule has 0 radical (unpaired) electrons. The molecule has 0 unspecified atom stereocenters. The molecule has 0 bridgehead atoms. The van der Waals surface area contributed by atoms with Gasteiger partial charge in [0.1, 0.15) is 0 Å². The molecular formula is C15H20O. The highest BCUT2D eigenvalue weighted by Gasteiger charge is 1.96. The van der Waals surface area contributed by atoms with Crippen LogP contribution in [0.2, 0.25) is 0 Å². The smallest absolute Gasteiger partial charge is 0.205 e. The van der Waals surface area contributed by atoms with Crippen molar-refractivity contribution in [1.29, 1.82) is 0 Å². The van der Waals surface area contributed by atoms with Crippen LogP contribution in [0.1, 0.15) is 64.2 Å². The van der Waals surface area contributed by atoms with E-state index in [0.29, 0.717) is 6.42 Å². The molecule has 0 N–H and O–H groups in total. The van der Waals surface area contributed by atoms with Gasteiger partial charge in [0.2, 0.25) is 5.78 Å². The summed E-state index contributed by atoms with van der Waals surface area (Å²) in [5.41, 5.74) is 0. The van der Waals surface area contributed by atoms with Gasteiger partial charge < -0.3 is 0 Å². The quantitative estimate of drug-likeness (QED) is 0.447. The Hall–Kier alpha value is -1.21. The first kappa shape index (κ1) is 12.9. The van der Waals surface area contributed by atoms with Crippen LogP contribution in [0, 0.1) is 23.7 Å². The third-order valence-corrected chi connectivity index (χ3v) is 2.66. The van der Waals surface area contributed by atoms with Gasteiger partial charge in [0.05, 0.1) is 0 Å². The van der Waals surface area contributed by atoms with E-state index in [1.165, 1.54) is 12.8 Å². The van der Waals surface area contributed by atoms with E-state index in [2.05, 4.69) is 23.7 Å². The lowest BCUT2D eigenvalue weighted by Crippen LogP contribution is -1.92. The number of carbonyl (C=O) groups excluding carboxylic acids is 1. The van der Waals surface area contributed by atoms with Crippen LogP contribution in [-0.4, -0.2) is 5.78 Å². The van der Waals surface area contributed by atoms with Crippen molar-refractivity contribution in [2.24, 2.45) is 0 Å².